The Morgan fingerprint density at radius 2 is 2.07 bits per heavy atom. The van der Waals surface area contributed by atoms with Crippen molar-refractivity contribution in [3.8, 4) is 0 Å². The zero-order chi connectivity index (χ0) is 18.8. The molecule has 27 heavy (non-hydrogen) atoms. The topological polar surface area (TPSA) is 89.2 Å². The summed E-state index contributed by atoms with van der Waals surface area (Å²) in [6.07, 6.45) is 4.76. The number of carbonyl (C=O) groups is 2. The number of amides is 2. The second-order valence-electron chi connectivity index (χ2n) is 7.18. The normalized spacial score (nSPS) is 16.5. The van der Waals surface area contributed by atoms with E-state index in [0.717, 1.165) is 30.7 Å². The van der Waals surface area contributed by atoms with Crippen molar-refractivity contribution in [2.24, 2.45) is 5.92 Å². The highest BCUT2D eigenvalue weighted by molar-refractivity contribution is 5.79. The molecule has 2 aromatic heterocycles. The highest BCUT2D eigenvalue weighted by atomic mass is 16.2. The number of nitrogens with one attached hydrogen (secondary N) is 1. The number of hydrogen-bond donors (Lipinski definition) is 1. The predicted molar refractivity (Wildman–Crippen MR) is 97.5 cm³/mol. The molecule has 1 N–H and O–H groups in total. The number of hydrogen-bond acceptors (Lipinski definition) is 4. The van der Waals surface area contributed by atoms with Gasteiger partial charge in [-0.05, 0) is 25.0 Å². The van der Waals surface area contributed by atoms with Gasteiger partial charge >= 0.3 is 0 Å². The van der Waals surface area contributed by atoms with Crippen LogP contribution in [0.5, 0.6) is 0 Å². The van der Waals surface area contributed by atoms with Crippen LogP contribution in [0.1, 0.15) is 30.7 Å². The van der Waals surface area contributed by atoms with E-state index in [9.17, 15) is 14.4 Å². The van der Waals surface area contributed by atoms with Crippen LogP contribution in [0.3, 0.4) is 0 Å². The van der Waals surface area contributed by atoms with E-state index in [4.69, 9.17) is 0 Å². The zero-order valence-electron chi connectivity index (χ0n) is 15.1. The molecule has 0 aromatic carbocycles. The maximum Gasteiger partial charge on any atom is 0.250 e. The van der Waals surface area contributed by atoms with Crippen LogP contribution < -0.4 is 10.9 Å². The Balaban J connectivity index is 1.33. The largest absolute Gasteiger partial charge is 0.349 e. The number of pyridine rings is 1. The van der Waals surface area contributed by atoms with Gasteiger partial charge in [0.05, 0.1) is 31.0 Å². The minimum absolute atomic E-state index is 0.0170. The molecule has 1 fully saturated rings. The number of carbonyl (C=O) groups excluding carboxylic acids is 2. The lowest BCUT2D eigenvalue weighted by Gasteiger charge is -2.34. The van der Waals surface area contributed by atoms with Crippen LogP contribution in [0, 0.1) is 5.92 Å². The van der Waals surface area contributed by atoms with Gasteiger partial charge < -0.3 is 14.8 Å². The third-order valence-electron chi connectivity index (χ3n) is 5.29. The van der Waals surface area contributed by atoms with Gasteiger partial charge in [-0.15, -0.1) is 0 Å². The summed E-state index contributed by atoms with van der Waals surface area (Å²) < 4.78 is 3.27. The lowest BCUT2D eigenvalue weighted by molar-refractivity contribution is -0.139. The molecule has 142 valence electrons. The fourth-order valence-corrected chi connectivity index (χ4v) is 3.50. The van der Waals surface area contributed by atoms with E-state index >= 15 is 0 Å². The second kappa shape index (κ2) is 7.38. The Kier molecular flexibility index (Phi) is 4.79. The van der Waals surface area contributed by atoms with Gasteiger partial charge in [-0.1, -0.05) is 12.5 Å². The summed E-state index contributed by atoms with van der Waals surface area (Å²) in [5.74, 6) is 0.229. The molecule has 2 aliphatic rings. The summed E-state index contributed by atoms with van der Waals surface area (Å²) >= 11 is 0. The third kappa shape index (κ3) is 3.79. The Labute approximate surface area is 156 Å². The summed E-state index contributed by atoms with van der Waals surface area (Å²) in [4.78, 5) is 38.1. The molecule has 2 amide bonds. The quantitative estimate of drug-likeness (QED) is 0.831. The first-order valence-corrected chi connectivity index (χ1v) is 9.37. The maximum absolute atomic E-state index is 12.4. The highest BCUT2D eigenvalue weighted by Crippen LogP contribution is 2.29. The molecule has 0 radical (unpaired) electrons. The number of aromatic nitrogens is 3. The second-order valence-corrected chi connectivity index (χ2v) is 7.18. The van der Waals surface area contributed by atoms with Gasteiger partial charge in [-0.2, -0.15) is 5.10 Å². The van der Waals surface area contributed by atoms with Crippen LogP contribution >= 0.6 is 0 Å². The van der Waals surface area contributed by atoms with Crippen molar-refractivity contribution in [1.29, 1.82) is 0 Å². The fourth-order valence-electron chi connectivity index (χ4n) is 3.50. The minimum atomic E-state index is -0.240. The van der Waals surface area contributed by atoms with E-state index in [2.05, 4.69) is 10.4 Å². The SMILES string of the molecule is O=C(Cn1ccccc1=O)NCc1cc2n(n1)CCN(C(=O)C1CCC1)C2. The van der Waals surface area contributed by atoms with E-state index < -0.39 is 0 Å². The maximum atomic E-state index is 12.4. The summed E-state index contributed by atoms with van der Waals surface area (Å²) in [6, 6.07) is 6.72. The Hall–Kier alpha value is -2.90. The van der Waals surface area contributed by atoms with Gasteiger partial charge in [0.1, 0.15) is 6.54 Å². The summed E-state index contributed by atoms with van der Waals surface area (Å²) in [6.45, 7) is 2.23. The number of rotatable bonds is 5. The van der Waals surface area contributed by atoms with E-state index in [1.807, 2.05) is 15.6 Å². The Bertz CT molecular complexity index is 912. The molecule has 1 saturated carbocycles. The van der Waals surface area contributed by atoms with Crippen molar-refractivity contribution in [3.63, 3.8) is 0 Å². The molecular weight excluding hydrogens is 346 g/mol. The van der Waals surface area contributed by atoms with Gasteiger partial charge in [0, 0.05) is 24.7 Å². The van der Waals surface area contributed by atoms with Crippen molar-refractivity contribution >= 4 is 11.8 Å². The molecule has 0 unspecified atom stereocenters. The van der Waals surface area contributed by atoms with Gasteiger partial charge in [-0.25, -0.2) is 0 Å². The Morgan fingerprint density at radius 1 is 1.22 bits per heavy atom. The standard InChI is InChI=1S/C19H23N5O3/c25-17(13-22-7-2-1-6-18(22)26)20-11-15-10-16-12-23(8-9-24(16)21-15)19(27)14-4-3-5-14/h1-2,6-7,10,14H,3-5,8-9,11-13H2,(H,20,25). The molecule has 8 nitrogen and oxygen atoms in total. The molecule has 0 spiro atoms. The lowest BCUT2D eigenvalue weighted by atomic mass is 9.84. The van der Waals surface area contributed by atoms with Crippen LogP contribution in [-0.2, 0) is 35.8 Å². The molecule has 1 aliphatic carbocycles. The van der Waals surface area contributed by atoms with Crippen molar-refractivity contribution in [1.82, 2.24) is 24.6 Å². The predicted octanol–water partition coefficient (Wildman–Crippen LogP) is 0.504. The van der Waals surface area contributed by atoms with E-state index in [0.29, 0.717) is 26.2 Å². The molecule has 0 bridgehead atoms. The number of fused-ring (bicyclic) bond motifs is 1. The van der Waals surface area contributed by atoms with E-state index in [1.54, 1.807) is 18.3 Å². The molecule has 0 saturated heterocycles. The summed E-state index contributed by atoms with van der Waals surface area (Å²) in [5, 5.41) is 7.31. The van der Waals surface area contributed by atoms with Crippen molar-refractivity contribution < 1.29 is 9.59 Å². The van der Waals surface area contributed by atoms with Crippen LogP contribution in [-0.4, -0.2) is 37.6 Å². The van der Waals surface area contributed by atoms with Crippen molar-refractivity contribution in [3.05, 3.63) is 52.2 Å². The van der Waals surface area contributed by atoms with Gasteiger partial charge in [0.25, 0.3) is 5.56 Å². The molecule has 8 heteroatoms. The lowest BCUT2D eigenvalue weighted by Crippen LogP contribution is -2.43. The van der Waals surface area contributed by atoms with E-state index in [-0.39, 0.29) is 29.8 Å². The monoisotopic (exact) mass is 369 g/mol. The first kappa shape index (κ1) is 17.5. The van der Waals surface area contributed by atoms with E-state index in [1.165, 1.54) is 10.6 Å². The average Bonchev–Trinajstić information content (AvgIpc) is 3.02. The van der Waals surface area contributed by atoms with Gasteiger partial charge in [-0.3, -0.25) is 19.1 Å². The minimum Gasteiger partial charge on any atom is -0.349 e. The third-order valence-corrected chi connectivity index (χ3v) is 5.29. The molecule has 3 heterocycles. The van der Waals surface area contributed by atoms with Crippen LogP contribution in [0.4, 0.5) is 0 Å². The molecule has 4 rings (SSSR count). The molecule has 1 aliphatic heterocycles. The summed E-state index contributed by atoms with van der Waals surface area (Å²) in [7, 11) is 0. The highest BCUT2D eigenvalue weighted by Gasteiger charge is 2.31. The fraction of sp³-hybridized carbons (Fsp3) is 0.474. The van der Waals surface area contributed by atoms with Crippen molar-refractivity contribution in [2.45, 2.75) is 45.4 Å². The first-order chi connectivity index (χ1) is 13.1. The Morgan fingerprint density at radius 3 is 2.81 bits per heavy atom. The van der Waals surface area contributed by atoms with Crippen LogP contribution in [0.15, 0.2) is 35.3 Å². The first-order valence-electron chi connectivity index (χ1n) is 9.37. The van der Waals surface area contributed by atoms with Gasteiger partial charge in [0.15, 0.2) is 0 Å². The smallest absolute Gasteiger partial charge is 0.250 e. The van der Waals surface area contributed by atoms with Crippen molar-refractivity contribution in [2.75, 3.05) is 6.54 Å². The molecule has 0 atom stereocenters. The van der Waals surface area contributed by atoms with Gasteiger partial charge in [0.2, 0.25) is 11.8 Å². The van der Waals surface area contributed by atoms with Crippen LogP contribution in [0.25, 0.3) is 0 Å². The summed E-state index contributed by atoms with van der Waals surface area (Å²) in [5.41, 5.74) is 1.55. The number of nitrogens with zero attached hydrogens (tertiary/aromatic N) is 4. The average molecular weight is 369 g/mol. The van der Waals surface area contributed by atoms with Crippen LogP contribution in [0.2, 0.25) is 0 Å². The zero-order valence-corrected chi connectivity index (χ0v) is 15.1. The molecular formula is C19H23N5O3. The molecule has 2 aromatic rings.